The molecule has 63 heavy (non-hydrogen) atoms. The zero-order valence-corrected chi connectivity index (χ0v) is 38.7. The van der Waals surface area contributed by atoms with Gasteiger partial charge >= 0.3 is 0 Å². The van der Waals surface area contributed by atoms with Crippen molar-refractivity contribution in [1.82, 2.24) is 29.5 Å². The van der Waals surface area contributed by atoms with E-state index in [9.17, 15) is 13.2 Å². The fourth-order valence-electron chi connectivity index (χ4n) is 10.0. The molecule has 1 saturated carbocycles. The number of anilines is 2. The number of aromatic nitrogens is 5. The zero-order valence-electron chi connectivity index (χ0n) is 37.9. The van der Waals surface area contributed by atoms with Gasteiger partial charge in [0.15, 0.2) is 10.8 Å². The summed E-state index contributed by atoms with van der Waals surface area (Å²) in [5.41, 5.74) is 3.69. The predicted molar refractivity (Wildman–Crippen MR) is 248 cm³/mol. The third kappa shape index (κ3) is 10.6. The Kier molecular flexibility index (Phi) is 12.7. The standard InChI is InChI=1S/C50H64N8O4S/c1-48(2,3)38-23-27-51-40(32-38)19-12-18-39-22-26-50(6)33-49(4,5)57(34-50)46-41(47(59)56-63(60,61)44-21-13-20-42(52-39)53-44)31-37(30-36-16-8-7-9-17-36)45(54-46)58-28-24-43(55-58)62-29-25-35-14-10-11-15-35/h7-9,13,16-17,20-21,23-24,27-28,31-32,35,39H,10-12,14-15,18-19,22,25-26,29-30,33-34H2,1-6H3,(H,52,53)(H,56,59). The Hall–Kier alpha value is -5.30. The predicted octanol–water partition coefficient (Wildman–Crippen LogP) is 9.62. The van der Waals surface area contributed by atoms with Gasteiger partial charge in [-0.1, -0.05) is 89.8 Å². The van der Waals surface area contributed by atoms with Crippen LogP contribution in [0.2, 0.25) is 0 Å². The van der Waals surface area contributed by atoms with Gasteiger partial charge in [0.2, 0.25) is 5.88 Å². The Morgan fingerprint density at radius 1 is 0.905 bits per heavy atom. The van der Waals surface area contributed by atoms with Gasteiger partial charge in [0, 0.05) is 54.3 Å². The highest BCUT2D eigenvalue weighted by atomic mass is 32.2. The first-order valence-electron chi connectivity index (χ1n) is 22.8. The number of sulfonamides is 1. The number of nitrogens with zero attached hydrogens (tertiary/aromatic N) is 6. The van der Waals surface area contributed by atoms with Gasteiger partial charge in [-0.3, -0.25) is 9.78 Å². The van der Waals surface area contributed by atoms with Crippen molar-refractivity contribution in [3.05, 3.63) is 113 Å². The maximum Gasteiger partial charge on any atom is 0.281 e. The minimum Gasteiger partial charge on any atom is -0.477 e. The number of pyridine rings is 3. The summed E-state index contributed by atoms with van der Waals surface area (Å²) < 4.78 is 38.5. The molecule has 1 amide bonds. The van der Waals surface area contributed by atoms with Crippen molar-refractivity contribution >= 4 is 27.6 Å². The van der Waals surface area contributed by atoms with Crippen LogP contribution in [0.3, 0.4) is 0 Å². The summed E-state index contributed by atoms with van der Waals surface area (Å²) in [5.74, 6) is 1.87. The second-order valence-electron chi connectivity index (χ2n) is 20.1. The highest BCUT2D eigenvalue weighted by molar-refractivity contribution is 7.90. The van der Waals surface area contributed by atoms with E-state index in [0.29, 0.717) is 48.8 Å². The Bertz CT molecular complexity index is 2510. The number of ether oxygens (including phenoxy) is 1. The summed E-state index contributed by atoms with van der Waals surface area (Å²) in [6, 6.07) is 22.8. The molecule has 8 rings (SSSR count). The topological polar surface area (TPSA) is 144 Å². The molecule has 1 aromatic carbocycles. The molecule has 5 aromatic rings. The van der Waals surface area contributed by atoms with Gasteiger partial charge < -0.3 is 15.0 Å². The SMILES string of the molecule is CC12CCC(CCCc3cc(C(C)(C)C)ccn3)Nc3cccc(n3)S(=O)(=O)NC(=O)c3cc(Cc4ccccc4)c(-n4ccc(OCCC5CCCC5)n4)nc3N(C1)C(C)(C)C2. The van der Waals surface area contributed by atoms with Crippen LogP contribution in [0, 0.1) is 11.3 Å². The van der Waals surface area contributed by atoms with Crippen molar-refractivity contribution in [3.63, 3.8) is 0 Å². The van der Waals surface area contributed by atoms with Gasteiger partial charge in [0.25, 0.3) is 15.9 Å². The molecule has 0 spiro atoms. The van der Waals surface area contributed by atoms with E-state index in [1.54, 1.807) is 22.9 Å². The smallest absolute Gasteiger partial charge is 0.281 e. The molecule has 2 aliphatic heterocycles. The van der Waals surface area contributed by atoms with Gasteiger partial charge in [0.05, 0.1) is 12.2 Å². The van der Waals surface area contributed by atoms with Crippen molar-refractivity contribution in [2.75, 3.05) is 23.4 Å². The number of aryl methyl sites for hydroxylation is 1. The van der Waals surface area contributed by atoms with Crippen LogP contribution in [0.4, 0.5) is 11.6 Å². The molecule has 4 bridgehead atoms. The second kappa shape index (κ2) is 18.1. The molecule has 2 atom stereocenters. The molecule has 3 aliphatic rings. The van der Waals surface area contributed by atoms with Crippen molar-refractivity contribution < 1.29 is 17.9 Å². The van der Waals surface area contributed by atoms with Crippen molar-refractivity contribution in [2.45, 2.75) is 141 Å². The lowest BCUT2D eigenvalue weighted by atomic mass is 9.79. The molecule has 334 valence electrons. The molecular formula is C50H64N8O4S. The Labute approximate surface area is 373 Å². The molecule has 1 aliphatic carbocycles. The van der Waals surface area contributed by atoms with E-state index in [1.165, 1.54) is 37.3 Å². The summed E-state index contributed by atoms with van der Waals surface area (Å²) in [5, 5.41) is 8.23. The molecule has 12 nitrogen and oxygen atoms in total. The van der Waals surface area contributed by atoms with Crippen LogP contribution in [-0.4, -0.2) is 63.8 Å². The first-order valence-corrected chi connectivity index (χ1v) is 24.3. The number of hydrogen-bond donors (Lipinski definition) is 2. The van der Waals surface area contributed by atoms with Crippen LogP contribution in [0.1, 0.15) is 138 Å². The first-order chi connectivity index (χ1) is 30.0. The van der Waals surface area contributed by atoms with Gasteiger partial charge in [-0.05, 0) is 117 Å². The Balaban J connectivity index is 1.15. The number of benzene rings is 1. The van der Waals surface area contributed by atoms with Gasteiger partial charge in [-0.25, -0.2) is 19.4 Å². The molecule has 4 aromatic heterocycles. The maximum absolute atomic E-state index is 14.6. The van der Waals surface area contributed by atoms with Gasteiger partial charge in [-0.15, -0.1) is 5.10 Å². The maximum atomic E-state index is 14.6. The Morgan fingerprint density at radius 3 is 2.48 bits per heavy atom. The van der Waals surface area contributed by atoms with Gasteiger partial charge in [0.1, 0.15) is 11.6 Å². The van der Waals surface area contributed by atoms with Crippen LogP contribution < -0.4 is 19.7 Å². The van der Waals surface area contributed by atoms with Crippen LogP contribution >= 0.6 is 0 Å². The minimum atomic E-state index is -4.40. The van der Waals surface area contributed by atoms with E-state index in [4.69, 9.17) is 14.8 Å². The molecular weight excluding hydrogens is 809 g/mol. The minimum absolute atomic E-state index is 0.0157. The number of amides is 1. The van der Waals surface area contributed by atoms with Crippen molar-refractivity contribution in [1.29, 1.82) is 0 Å². The number of nitrogens with one attached hydrogen (secondary N) is 2. The number of fused-ring (bicyclic) bond motifs is 6. The lowest BCUT2D eigenvalue weighted by Gasteiger charge is -2.34. The molecule has 13 heteroatoms. The largest absolute Gasteiger partial charge is 0.477 e. The van der Waals surface area contributed by atoms with Crippen LogP contribution in [-0.2, 0) is 28.3 Å². The summed E-state index contributed by atoms with van der Waals surface area (Å²) in [7, 11) is -4.40. The monoisotopic (exact) mass is 872 g/mol. The van der Waals surface area contributed by atoms with Crippen molar-refractivity contribution in [2.24, 2.45) is 11.3 Å². The summed E-state index contributed by atoms with van der Waals surface area (Å²) in [6.07, 6.45) is 15.4. The number of hydrogen-bond acceptors (Lipinski definition) is 10. The Morgan fingerprint density at radius 2 is 1.70 bits per heavy atom. The number of carbonyl (C=O) groups excluding carboxylic acids is 1. The van der Waals surface area contributed by atoms with E-state index in [1.807, 2.05) is 48.8 Å². The summed E-state index contributed by atoms with van der Waals surface area (Å²) >= 11 is 0. The lowest BCUT2D eigenvalue weighted by Crippen LogP contribution is -2.41. The normalized spacial score (nSPS) is 21.2. The molecule has 2 fully saturated rings. The molecule has 2 unspecified atom stereocenters. The molecule has 1 saturated heterocycles. The highest BCUT2D eigenvalue weighted by Crippen LogP contribution is 2.47. The second-order valence-corrected chi connectivity index (χ2v) is 21.8. The van der Waals surface area contributed by atoms with E-state index < -0.39 is 21.5 Å². The summed E-state index contributed by atoms with van der Waals surface area (Å²) in [4.78, 5) is 31.4. The van der Waals surface area contributed by atoms with Crippen LogP contribution in [0.5, 0.6) is 5.88 Å². The zero-order chi connectivity index (χ0) is 44.4. The van der Waals surface area contributed by atoms with Crippen LogP contribution in [0.25, 0.3) is 5.82 Å². The van der Waals surface area contributed by atoms with E-state index in [2.05, 4.69) is 78.6 Å². The average molecular weight is 873 g/mol. The number of carbonyl (C=O) groups is 1. The lowest BCUT2D eigenvalue weighted by molar-refractivity contribution is 0.0981. The quantitative estimate of drug-likeness (QED) is 0.132. The molecule has 0 radical (unpaired) electrons. The third-order valence-corrected chi connectivity index (χ3v) is 14.5. The molecule has 2 N–H and O–H groups in total. The van der Waals surface area contributed by atoms with E-state index in [0.717, 1.165) is 61.8 Å². The average Bonchev–Trinajstić information content (AvgIpc) is 3.99. The molecule has 6 heterocycles. The third-order valence-electron chi connectivity index (χ3n) is 13.3. The van der Waals surface area contributed by atoms with Crippen LogP contribution in [0.15, 0.2) is 90.2 Å². The highest BCUT2D eigenvalue weighted by Gasteiger charge is 2.47. The van der Waals surface area contributed by atoms with Crippen molar-refractivity contribution in [3.8, 4) is 11.7 Å². The van der Waals surface area contributed by atoms with Gasteiger partial charge in [-0.2, -0.15) is 8.42 Å². The first kappa shape index (κ1) is 44.3. The fourth-order valence-corrected chi connectivity index (χ4v) is 10.9. The number of rotatable bonds is 11. The summed E-state index contributed by atoms with van der Waals surface area (Å²) in [6.45, 7) is 14.6. The van der Waals surface area contributed by atoms with E-state index in [-0.39, 0.29) is 27.5 Å². The fraction of sp³-hybridized carbons (Fsp3) is 0.500. The van der Waals surface area contributed by atoms with E-state index >= 15 is 0 Å².